The van der Waals surface area contributed by atoms with E-state index in [1.54, 1.807) is 0 Å². The van der Waals surface area contributed by atoms with Crippen LogP contribution in [0.3, 0.4) is 0 Å². The van der Waals surface area contributed by atoms with E-state index in [1.165, 1.54) is 126 Å². The van der Waals surface area contributed by atoms with Crippen molar-refractivity contribution in [1.29, 1.82) is 0 Å². The molecular formula is C49H47N. The number of hydrogen-bond acceptors (Lipinski definition) is 1. The van der Waals surface area contributed by atoms with E-state index in [0.29, 0.717) is 11.8 Å². The molecule has 0 aliphatic heterocycles. The quantitative estimate of drug-likeness (QED) is 0.166. The number of anilines is 3. The van der Waals surface area contributed by atoms with E-state index in [0.717, 1.165) is 0 Å². The Morgan fingerprint density at radius 3 is 1.38 bits per heavy atom. The second-order valence-corrected chi connectivity index (χ2v) is 14.9. The van der Waals surface area contributed by atoms with Crippen LogP contribution in [0.2, 0.25) is 0 Å². The minimum atomic E-state index is -0.425. The van der Waals surface area contributed by atoms with Gasteiger partial charge >= 0.3 is 0 Å². The van der Waals surface area contributed by atoms with Crippen molar-refractivity contribution in [2.45, 2.75) is 81.5 Å². The van der Waals surface area contributed by atoms with Gasteiger partial charge in [0.05, 0.1) is 11.1 Å². The lowest BCUT2D eigenvalue weighted by Crippen LogP contribution is -2.28. The molecule has 1 heteroatoms. The smallest absolute Gasteiger partial charge is 0.0714 e. The first kappa shape index (κ1) is 31.1. The number of benzene rings is 6. The fraction of sp³-hybridized carbons (Fsp3) is 0.265. The Bertz CT molecular complexity index is 1950. The molecule has 0 heterocycles. The van der Waals surface area contributed by atoms with Crippen molar-refractivity contribution in [1.82, 2.24) is 0 Å². The third-order valence-corrected chi connectivity index (χ3v) is 12.2. The maximum atomic E-state index is 2.54. The lowest BCUT2D eigenvalue weighted by atomic mass is 9.68. The van der Waals surface area contributed by atoms with E-state index in [-0.39, 0.29) is 0 Å². The van der Waals surface area contributed by atoms with Crippen LogP contribution in [-0.2, 0) is 5.41 Å². The minimum Gasteiger partial charge on any atom is -0.310 e. The molecule has 0 amide bonds. The monoisotopic (exact) mass is 649 g/mol. The molecule has 0 unspecified atom stereocenters. The molecule has 248 valence electrons. The molecule has 3 aliphatic carbocycles. The molecule has 2 fully saturated rings. The zero-order valence-electron chi connectivity index (χ0n) is 29.1. The van der Waals surface area contributed by atoms with E-state index in [9.17, 15) is 0 Å². The molecule has 2 saturated carbocycles. The van der Waals surface area contributed by atoms with Crippen molar-refractivity contribution in [3.63, 3.8) is 0 Å². The van der Waals surface area contributed by atoms with Crippen LogP contribution < -0.4 is 4.90 Å². The summed E-state index contributed by atoms with van der Waals surface area (Å²) in [6.07, 6.45) is 13.4. The van der Waals surface area contributed by atoms with Gasteiger partial charge in [-0.15, -0.1) is 0 Å². The van der Waals surface area contributed by atoms with Crippen molar-refractivity contribution >= 4 is 17.1 Å². The Morgan fingerprint density at radius 2 is 0.860 bits per heavy atom. The van der Waals surface area contributed by atoms with E-state index in [4.69, 9.17) is 0 Å². The summed E-state index contributed by atoms with van der Waals surface area (Å²) in [7, 11) is 0. The van der Waals surface area contributed by atoms with Gasteiger partial charge in [0.1, 0.15) is 0 Å². The zero-order valence-corrected chi connectivity index (χ0v) is 29.1. The summed E-state index contributed by atoms with van der Waals surface area (Å²) in [4.78, 5) is 2.54. The predicted octanol–water partition coefficient (Wildman–Crippen LogP) is 13.6. The topological polar surface area (TPSA) is 3.24 Å². The average Bonchev–Trinajstić information content (AvgIpc) is 3.52. The van der Waals surface area contributed by atoms with E-state index in [2.05, 4.69) is 157 Å². The Balaban J connectivity index is 1.25. The normalized spacial score (nSPS) is 17.2. The molecule has 0 radical (unpaired) electrons. The highest BCUT2D eigenvalue weighted by atomic mass is 15.1. The summed E-state index contributed by atoms with van der Waals surface area (Å²) in [5, 5.41) is 0. The number of hydrogen-bond donors (Lipinski definition) is 0. The van der Waals surface area contributed by atoms with Crippen molar-refractivity contribution in [3.8, 4) is 11.1 Å². The molecule has 0 saturated heterocycles. The SMILES string of the molecule is c1ccc(C2(c3ccccc3)c3ccccc3-c3c(N(c4ccc(C5CCCCC5)cc4)c4ccc(C5CCCCC5)cc4)cccc32)cc1. The Kier molecular flexibility index (Phi) is 8.37. The van der Waals surface area contributed by atoms with Crippen LogP contribution in [0.25, 0.3) is 11.1 Å². The highest BCUT2D eigenvalue weighted by molar-refractivity contribution is 5.97. The summed E-state index contributed by atoms with van der Waals surface area (Å²) < 4.78 is 0. The average molecular weight is 650 g/mol. The highest BCUT2D eigenvalue weighted by Gasteiger charge is 2.47. The van der Waals surface area contributed by atoms with Gasteiger partial charge in [-0.1, -0.05) is 160 Å². The summed E-state index contributed by atoms with van der Waals surface area (Å²) >= 11 is 0. The van der Waals surface area contributed by atoms with Crippen LogP contribution >= 0.6 is 0 Å². The van der Waals surface area contributed by atoms with Crippen LogP contribution in [-0.4, -0.2) is 0 Å². The molecule has 0 bridgehead atoms. The molecule has 0 spiro atoms. The number of nitrogens with zero attached hydrogens (tertiary/aromatic N) is 1. The molecule has 3 aliphatic rings. The number of rotatable bonds is 7. The first-order valence-electron chi connectivity index (χ1n) is 19.2. The minimum absolute atomic E-state index is 0.425. The Labute approximate surface area is 298 Å². The van der Waals surface area contributed by atoms with Gasteiger partial charge in [0.2, 0.25) is 0 Å². The molecule has 0 aromatic heterocycles. The molecular weight excluding hydrogens is 603 g/mol. The lowest BCUT2D eigenvalue weighted by Gasteiger charge is -2.34. The third kappa shape index (κ3) is 5.30. The van der Waals surface area contributed by atoms with Crippen molar-refractivity contribution in [3.05, 3.63) is 185 Å². The third-order valence-electron chi connectivity index (χ3n) is 12.2. The maximum absolute atomic E-state index is 2.54. The predicted molar refractivity (Wildman–Crippen MR) is 210 cm³/mol. The summed E-state index contributed by atoms with van der Waals surface area (Å²) in [6.45, 7) is 0. The Morgan fingerprint density at radius 1 is 0.400 bits per heavy atom. The van der Waals surface area contributed by atoms with Gasteiger partial charge in [-0.2, -0.15) is 0 Å². The van der Waals surface area contributed by atoms with Gasteiger partial charge in [0, 0.05) is 16.9 Å². The van der Waals surface area contributed by atoms with Crippen LogP contribution in [0.1, 0.15) is 109 Å². The molecule has 50 heavy (non-hydrogen) atoms. The van der Waals surface area contributed by atoms with Gasteiger partial charge < -0.3 is 4.90 Å². The second kappa shape index (κ2) is 13.4. The largest absolute Gasteiger partial charge is 0.310 e. The van der Waals surface area contributed by atoms with Crippen molar-refractivity contribution < 1.29 is 0 Å². The van der Waals surface area contributed by atoms with Crippen LogP contribution in [0.15, 0.2) is 152 Å². The molecule has 1 nitrogen and oxygen atoms in total. The van der Waals surface area contributed by atoms with Gasteiger partial charge in [-0.3, -0.25) is 0 Å². The first-order chi connectivity index (χ1) is 24.8. The van der Waals surface area contributed by atoms with Gasteiger partial charge in [-0.25, -0.2) is 0 Å². The van der Waals surface area contributed by atoms with E-state index in [1.807, 2.05) is 0 Å². The highest BCUT2D eigenvalue weighted by Crippen LogP contribution is 2.59. The molecule has 6 aromatic rings. The summed E-state index contributed by atoms with van der Waals surface area (Å²) in [6, 6.07) is 57.7. The fourth-order valence-electron chi connectivity index (χ4n) is 9.75. The van der Waals surface area contributed by atoms with Crippen LogP contribution in [0.4, 0.5) is 17.1 Å². The van der Waals surface area contributed by atoms with Crippen LogP contribution in [0, 0.1) is 0 Å². The van der Waals surface area contributed by atoms with Crippen molar-refractivity contribution in [2.75, 3.05) is 4.90 Å². The second-order valence-electron chi connectivity index (χ2n) is 14.9. The van der Waals surface area contributed by atoms with Gasteiger partial charge in [-0.05, 0) is 107 Å². The summed E-state index contributed by atoms with van der Waals surface area (Å²) in [5.74, 6) is 1.37. The molecule has 6 aromatic carbocycles. The fourth-order valence-corrected chi connectivity index (χ4v) is 9.75. The van der Waals surface area contributed by atoms with Gasteiger partial charge in [0.15, 0.2) is 0 Å². The number of fused-ring (bicyclic) bond motifs is 3. The van der Waals surface area contributed by atoms with Crippen molar-refractivity contribution in [2.24, 2.45) is 0 Å². The summed E-state index contributed by atoms with van der Waals surface area (Å²) in [5.41, 5.74) is 14.2. The van der Waals surface area contributed by atoms with E-state index < -0.39 is 5.41 Å². The standard InChI is InChI=1S/C49H47N/c1-5-16-36(17-6-1)38-28-32-42(33-29-38)50(43-34-30-39(31-35-43)37-18-7-2-8-19-37)47-27-15-26-46-48(47)44-24-13-14-25-45(44)49(46,40-20-9-3-10-21-40)41-22-11-4-12-23-41/h3-4,9-15,20-37H,1-2,5-8,16-19H2. The van der Waals surface area contributed by atoms with E-state index >= 15 is 0 Å². The molecule has 0 N–H and O–H groups in total. The van der Waals surface area contributed by atoms with Crippen LogP contribution in [0.5, 0.6) is 0 Å². The Hall–Kier alpha value is -4.88. The van der Waals surface area contributed by atoms with Gasteiger partial charge in [0.25, 0.3) is 0 Å². The first-order valence-corrected chi connectivity index (χ1v) is 19.2. The maximum Gasteiger partial charge on any atom is 0.0714 e. The molecule has 0 atom stereocenters. The molecule has 9 rings (SSSR count). The zero-order chi connectivity index (χ0) is 33.3. The lowest BCUT2D eigenvalue weighted by molar-refractivity contribution is 0.443.